The van der Waals surface area contributed by atoms with Crippen LogP contribution in [0.3, 0.4) is 0 Å². The maximum Gasteiger partial charge on any atom is 0.120 e. The van der Waals surface area contributed by atoms with Crippen LogP contribution in [0.25, 0.3) is 0 Å². The molecule has 1 unspecified atom stereocenters. The number of hydrogen-bond acceptors (Lipinski definition) is 2. The van der Waals surface area contributed by atoms with Crippen molar-refractivity contribution in [1.82, 2.24) is 0 Å². The van der Waals surface area contributed by atoms with E-state index in [1.54, 1.807) is 6.07 Å². The number of benzene rings is 1. The monoisotopic (exact) mass is 229 g/mol. The number of aromatic hydroxyl groups is 1. The van der Waals surface area contributed by atoms with Crippen molar-refractivity contribution in [2.75, 3.05) is 0 Å². The molecule has 0 spiro atoms. The van der Waals surface area contributed by atoms with Crippen molar-refractivity contribution in [2.45, 2.75) is 33.2 Å². The molecule has 0 saturated heterocycles. The van der Waals surface area contributed by atoms with Gasteiger partial charge in [-0.25, -0.2) is 0 Å². The van der Waals surface area contributed by atoms with Gasteiger partial charge in [0, 0.05) is 12.1 Å². The maximum absolute atomic E-state index is 9.48. The van der Waals surface area contributed by atoms with Gasteiger partial charge in [-0.3, -0.25) is 0 Å². The number of phenols is 1. The van der Waals surface area contributed by atoms with Gasteiger partial charge in [-0.05, 0) is 23.5 Å². The average molecular weight is 230 g/mol. The Hall–Kier alpha value is -0.730. The van der Waals surface area contributed by atoms with E-state index in [0.29, 0.717) is 24.1 Å². The number of nitrogens with two attached hydrogens (primary N) is 1. The summed E-state index contributed by atoms with van der Waals surface area (Å²) in [5.41, 5.74) is 7.61. The zero-order valence-corrected chi connectivity index (χ0v) is 10.3. The molecule has 0 fully saturated rings. The van der Waals surface area contributed by atoms with Crippen LogP contribution in [0.4, 0.5) is 0 Å². The van der Waals surface area contributed by atoms with E-state index in [1.807, 2.05) is 12.1 Å². The molecule has 1 aromatic rings. The van der Waals surface area contributed by atoms with E-state index >= 15 is 0 Å². The van der Waals surface area contributed by atoms with Crippen molar-refractivity contribution in [3.8, 4) is 5.75 Å². The van der Waals surface area contributed by atoms with Gasteiger partial charge < -0.3 is 10.8 Å². The van der Waals surface area contributed by atoms with Crippen LogP contribution in [0.5, 0.6) is 5.75 Å². The molecule has 0 bridgehead atoms. The molecule has 0 amide bonds. The molecule has 0 radical (unpaired) electrons. The fraction of sp³-hybridized carbons (Fsp3) is 0.500. The molecule has 3 heteroatoms. The molecule has 0 aliphatic heterocycles. The van der Waals surface area contributed by atoms with E-state index in [1.165, 1.54) is 5.56 Å². The van der Waals surface area contributed by atoms with Crippen molar-refractivity contribution in [3.63, 3.8) is 0 Å². The second-order valence-electron chi connectivity index (χ2n) is 4.12. The van der Waals surface area contributed by atoms with Gasteiger partial charge in [0.05, 0.1) is 0 Å². The molecule has 0 aliphatic carbocycles. The summed E-state index contributed by atoms with van der Waals surface area (Å²) in [6.45, 7) is 6.97. The summed E-state index contributed by atoms with van der Waals surface area (Å²) in [4.78, 5) is 0. The Labute approximate surface area is 97.9 Å². The van der Waals surface area contributed by atoms with E-state index in [-0.39, 0.29) is 12.4 Å². The first kappa shape index (κ1) is 14.3. The molecule has 86 valence electrons. The third-order valence-corrected chi connectivity index (χ3v) is 2.85. The normalized spacial score (nSPS) is 12.3. The lowest BCUT2D eigenvalue weighted by atomic mass is 9.89. The van der Waals surface area contributed by atoms with Crippen LogP contribution in [0, 0.1) is 5.92 Å². The van der Waals surface area contributed by atoms with Crippen molar-refractivity contribution in [2.24, 2.45) is 11.7 Å². The van der Waals surface area contributed by atoms with Gasteiger partial charge in [0.2, 0.25) is 0 Å². The first-order chi connectivity index (χ1) is 6.56. The lowest BCUT2D eigenvalue weighted by molar-refractivity contribution is 0.466. The highest BCUT2D eigenvalue weighted by Gasteiger charge is 2.11. The van der Waals surface area contributed by atoms with Crippen LogP contribution in [-0.4, -0.2) is 5.11 Å². The van der Waals surface area contributed by atoms with Crippen LogP contribution in [0.15, 0.2) is 18.2 Å². The number of halogens is 1. The second kappa shape index (κ2) is 5.99. The maximum atomic E-state index is 9.48. The van der Waals surface area contributed by atoms with Gasteiger partial charge >= 0.3 is 0 Å². The smallest absolute Gasteiger partial charge is 0.120 e. The minimum atomic E-state index is 0. The van der Waals surface area contributed by atoms with Gasteiger partial charge in [-0.2, -0.15) is 0 Å². The van der Waals surface area contributed by atoms with Crippen LogP contribution in [0.1, 0.15) is 37.8 Å². The lowest BCUT2D eigenvalue weighted by Crippen LogP contribution is -2.04. The van der Waals surface area contributed by atoms with Gasteiger partial charge in [-0.15, -0.1) is 12.4 Å². The highest BCUT2D eigenvalue weighted by Crippen LogP contribution is 2.27. The van der Waals surface area contributed by atoms with Crippen LogP contribution >= 0.6 is 12.4 Å². The first-order valence-corrected chi connectivity index (χ1v) is 5.08. The number of rotatable bonds is 3. The highest BCUT2D eigenvalue weighted by atomic mass is 35.5. The summed E-state index contributed by atoms with van der Waals surface area (Å²) in [6, 6.07) is 5.70. The third-order valence-electron chi connectivity index (χ3n) is 2.85. The van der Waals surface area contributed by atoms with Crippen LogP contribution < -0.4 is 5.73 Å². The molecule has 1 aromatic carbocycles. The Morgan fingerprint density at radius 2 is 1.87 bits per heavy atom. The van der Waals surface area contributed by atoms with Gasteiger partial charge in [0.25, 0.3) is 0 Å². The fourth-order valence-corrected chi connectivity index (χ4v) is 1.44. The average Bonchev–Trinajstić information content (AvgIpc) is 2.17. The molecule has 0 heterocycles. The van der Waals surface area contributed by atoms with E-state index in [2.05, 4.69) is 20.8 Å². The number of phenolic OH excluding ortho intramolecular Hbond substituents is 1. The second-order valence-corrected chi connectivity index (χ2v) is 4.12. The van der Waals surface area contributed by atoms with Gasteiger partial charge in [-0.1, -0.05) is 32.9 Å². The zero-order valence-electron chi connectivity index (χ0n) is 9.53. The minimum Gasteiger partial charge on any atom is -0.508 e. The summed E-state index contributed by atoms with van der Waals surface area (Å²) in [5.74, 6) is 1.40. The summed E-state index contributed by atoms with van der Waals surface area (Å²) in [6.07, 6.45) is 0. The molecule has 15 heavy (non-hydrogen) atoms. The van der Waals surface area contributed by atoms with Crippen molar-refractivity contribution < 1.29 is 5.11 Å². The summed E-state index contributed by atoms with van der Waals surface area (Å²) in [7, 11) is 0. The SMILES string of the molecule is CC(C)C(C)c1ccc(O)c(CN)c1.Cl. The summed E-state index contributed by atoms with van der Waals surface area (Å²) < 4.78 is 0. The molecule has 0 aliphatic rings. The molecular weight excluding hydrogens is 210 g/mol. The van der Waals surface area contributed by atoms with Gasteiger partial charge in [0.15, 0.2) is 0 Å². The molecule has 2 nitrogen and oxygen atoms in total. The Balaban J connectivity index is 0.00000196. The Morgan fingerprint density at radius 3 is 2.33 bits per heavy atom. The van der Waals surface area contributed by atoms with Crippen molar-refractivity contribution in [3.05, 3.63) is 29.3 Å². The summed E-state index contributed by atoms with van der Waals surface area (Å²) in [5, 5.41) is 9.48. The number of hydrogen-bond donors (Lipinski definition) is 2. The minimum absolute atomic E-state index is 0. The molecule has 0 aromatic heterocycles. The lowest BCUT2D eigenvalue weighted by Gasteiger charge is -2.17. The Morgan fingerprint density at radius 1 is 1.27 bits per heavy atom. The molecule has 1 rings (SSSR count). The van der Waals surface area contributed by atoms with E-state index in [0.717, 1.165) is 5.56 Å². The molecular formula is C12H20ClNO. The van der Waals surface area contributed by atoms with Crippen molar-refractivity contribution >= 4 is 12.4 Å². The van der Waals surface area contributed by atoms with Crippen LogP contribution in [-0.2, 0) is 6.54 Å². The van der Waals surface area contributed by atoms with Gasteiger partial charge in [0.1, 0.15) is 5.75 Å². The Kier molecular flexibility index (Phi) is 5.69. The highest BCUT2D eigenvalue weighted by molar-refractivity contribution is 5.85. The van der Waals surface area contributed by atoms with E-state index in [9.17, 15) is 5.11 Å². The van der Waals surface area contributed by atoms with Crippen molar-refractivity contribution in [1.29, 1.82) is 0 Å². The Bertz CT molecular complexity index is 312. The quantitative estimate of drug-likeness (QED) is 0.837. The zero-order chi connectivity index (χ0) is 10.7. The topological polar surface area (TPSA) is 46.2 Å². The largest absolute Gasteiger partial charge is 0.508 e. The first-order valence-electron chi connectivity index (χ1n) is 5.08. The summed E-state index contributed by atoms with van der Waals surface area (Å²) >= 11 is 0. The molecule has 3 N–H and O–H groups in total. The van der Waals surface area contributed by atoms with E-state index < -0.39 is 0 Å². The van der Waals surface area contributed by atoms with Crippen LogP contribution in [0.2, 0.25) is 0 Å². The predicted octanol–water partition coefficient (Wildman–Crippen LogP) is 3.03. The van der Waals surface area contributed by atoms with E-state index in [4.69, 9.17) is 5.73 Å². The fourth-order valence-electron chi connectivity index (χ4n) is 1.44. The predicted molar refractivity (Wildman–Crippen MR) is 66.5 cm³/mol. The third kappa shape index (κ3) is 3.40. The standard InChI is InChI=1S/C12H19NO.ClH/c1-8(2)9(3)10-4-5-12(14)11(6-10)7-13;/h4-6,8-9,14H,7,13H2,1-3H3;1H. The molecule has 0 saturated carbocycles. The molecule has 1 atom stereocenters.